The monoisotopic (exact) mass is 377 g/mol. The van der Waals surface area contributed by atoms with Crippen LogP contribution in [-0.2, 0) is 16.1 Å². The predicted molar refractivity (Wildman–Crippen MR) is 84.7 cm³/mol. The Morgan fingerprint density at radius 3 is 2.50 bits per heavy atom. The first-order valence-electron chi connectivity index (χ1n) is 8.32. The van der Waals surface area contributed by atoms with Gasteiger partial charge in [0.05, 0.1) is 17.9 Å². The Balaban J connectivity index is 0.000000298. The fourth-order valence-corrected chi connectivity index (χ4v) is 3.29. The summed E-state index contributed by atoms with van der Waals surface area (Å²) < 4.78 is 39.4. The Hall–Kier alpha value is -2.10. The molecule has 0 spiro atoms. The van der Waals surface area contributed by atoms with Gasteiger partial charge in [-0.05, 0) is 33.3 Å². The molecule has 7 nitrogen and oxygen atoms in total. The van der Waals surface area contributed by atoms with E-state index in [-0.39, 0.29) is 12.0 Å². The molecule has 3 heterocycles. The van der Waals surface area contributed by atoms with Gasteiger partial charge >= 0.3 is 12.1 Å². The summed E-state index contributed by atoms with van der Waals surface area (Å²) in [5.74, 6) is -2.15. The number of aromatic nitrogens is 2. The van der Waals surface area contributed by atoms with Gasteiger partial charge < -0.3 is 14.7 Å². The molecular formula is C16H22F3N3O4. The number of ether oxygens (including phenoxy) is 1. The van der Waals surface area contributed by atoms with Crippen molar-refractivity contribution in [3.63, 3.8) is 0 Å². The number of likely N-dealkylation sites (tertiary alicyclic amines) is 1. The molecule has 0 saturated carbocycles. The second-order valence-corrected chi connectivity index (χ2v) is 6.48. The fraction of sp³-hybridized carbons (Fsp3) is 0.688. The van der Waals surface area contributed by atoms with E-state index in [0.717, 1.165) is 31.7 Å². The molecule has 1 aromatic heterocycles. The van der Waals surface area contributed by atoms with Crippen LogP contribution in [0.3, 0.4) is 0 Å². The maximum atomic E-state index is 12.6. The number of carbonyl (C=O) groups is 2. The van der Waals surface area contributed by atoms with Crippen molar-refractivity contribution in [1.82, 2.24) is 14.7 Å². The van der Waals surface area contributed by atoms with E-state index in [9.17, 15) is 18.0 Å². The largest absolute Gasteiger partial charge is 0.490 e. The molecular weight excluding hydrogens is 355 g/mol. The lowest BCUT2D eigenvalue weighted by Crippen LogP contribution is -2.32. The molecule has 2 fully saturated rings. The van der Waals surface area contributed by atoms with Gasteiger partial charge in [-0.3, -0.25) is 9.48 Å². The van der Waals surface area contributed by atoms with Crippen LogP contribution in [0, 0.1) is 12.8 Å². The molecule has 3 atom stereocenters. The van der Waals surface area contributed by atoms with Crippen LogP contribution in [-0.4, -0.2) is 63.1 Å². The topological polar surface area (TPSA) is 84.7 Å². The summed E-state index contributed by atoms with van der Waals surface area (Å²) in [5.41, 5.74) is 1.60. The average Bonchev–Trinajstić information content (AvgIpc) is 3.18. The lowest BCUT2D eigenvalue weighted by atomic mass is 10.0. The van der Waals surface area contributed by atoms with Crippen molar-refractivity contribution in [2.24, 2.45) is 5.92 Å². The summed E-state index contributed by atoms with van der Waals surface area (Å²) in [5, 5.41) is 11.5. The van der Waals surface area contributed by atoms with Gasteiger partial charge in [0, 0.05) is 25.6 Å². The number of carboxylic acid groups (broad SMARTS) is 1. The molecule has 10 heteroatoms. The lowest BCUT2D eigenvalue weighted by Gasteiger charge is -2.18. The highest BCUT2D eigenvalue weighted by Crippen LogP contribution is 2.33. The molecule has 3 rings (SSSR count). The number of aryl methyl sites for hydroxylation is 2. The van der Waals surface area contributed by atoms with Gasteiger partial charge in [0.25, 0.3) is 5.91 Å². The number of fused-ring (bicyclic) bond motifs is 1. The Morgan fingerprint density at radius 2 is 2.00 bits per heavy atom. The fourth-order valence-electron chi connectivity index (χ4n) is 3.29. The normalized spacial score (nSPS) is 24.8. The number of carbonyl (C=O) groups excluding carboxylic acids is 1. The van der Waals surface area contributed by atoms with E-state index < -0.39 is 12.1 Å². The SMILES string of the molecule is CCn1nc(C)cc1C(=O)N1C[C@@H]2C[C@@H](C)O[C@@H]2C1.O=C(O)C(F)(F)F. The minimum absolute atomic E-state index is 0.0908. The van der Waals surface area contributed by atoms with Crippen LogP contribution in [0.2, 0.25) is 0 Å². The zero-order chi connectivity index (χ0) is 19.6. The van der Waals surface area contributed by atoms with E-state index in [1.165, 1.54) is 0 Å². The first kappa shape index (κ1) is 20.2. The second-order valence-electron chi connectivity index (χ2n) is 6.48. The zero-order valence-electron chi connectivity index (χ0n) is 14.8. The second kappa shape index (κ2) is 7.65. The van der Waals surface area contributed by atoms with Crippen molar-refractivity contribution in [3.05, 3.63) is 17.5 Å². The van der Waals surface area contributed by atoms with E-state index >= 15 is 0 Å². The summed E-state index contributed by atoms with van der Waals surface area (Å²) in [7, 11) is 0. The highest BCUT2D eigenvalue weighted by atomic mass is 19.4. The van der Waals surface area contributed by atoms with Crippen molar-refractivity contribution in [3.8, 4) is 0 Å². The number of aliphatic carboxylic acids is 1. The first-order chi connectivity index (χ1) is 12.0. The summed E-state index contributed by atoms with van der Waals surface area (Å²) in [6.07, 6.45) is -3.44. The molecule has 2 saturated heterocycles. The van der Waals surface area contributed by atoms with Gasteiger partial charge in [-0.1, -0.05) is 0 Å². The summed E-state index contributed by atoms with van der Waals surface area (Å²) in [6.45, 7) is 8.31. The molecule has 146 valence electrons. The third kappa shape index (κ3) is 4.54. The Labute approximate surface area is 148 Å². The van der Waals surface area contributed by atoms with Gasteiger partial charge in [0.15, 0.2) is 0 Å². The van der Waals surface area contributed by atoms with Crippen LogP contribution in [0.1, 0.15) is 36.5 Å². The Morgan fingerprint density at radius 1 is 1.38 bits per heavy atom. The minimum Gasteiger partial charge on any atom is -0.475 e. The molecule has 0 radical (unpaired) electrons. The number of hydrogen-bond donors (Lipinski definition) is 1. The number of hydrogen-bond acceptors (Lipinski definition) is 4. The first-order valence-corrected chi connectivity index (χ1v) is 8.32. The van der Waals surface area contributed by atoms with E-state index in [2.05, 4.69) is 12.0 Å². The number of rotatable bonds is 2. The molecule has 26 heavy (non-hydrogen) atoms. The number of alkyl halides is 3. The van der Waals surface area contributed by atoms with E-state index in [0.29, 0.717) is 17.7 Å². The van der Waals surface area contributed by atoms with Gasteiger partial charge in [-0.25, -0.2) is 4.79 Å². The van der Waals surface area contributed by atoms with Gasteiger partial charge in [-0.2, -0.15) is 18.3 Å². The van der Waals surface area contributed by atoms with E-state index in [4.69, 9.17) is 14.6 Å². The van der Waals surface area contributed by atoms with Gasteiger partial charge in [0.2, 0.25) is 0 Å². The van der Waals surface area contributed by atoms with Crippen molar-refractivity contribution in [2.45, 2.75) is 52.1 Å². The average molecular weight is 377 g/mol. The third-order valence-corrected chi connectivity index (χ3v) is 4.37. The quantitative estimate of drug-likeness (QED) is 0.853. The molecule has 0 aromatic carbocycles. The number of carboxylic acids is 1. The van der Waals surface area contributed by atoms with Crippen LogP contribution in [0.4, 0.5) is 13.2 Å². The third-order valence-electron chi connectivity index (χ3n) is 4.37. The van der Waals surface area contributed by atoms with E-state index in [1.54, 1.807) is 4.68 Å². The Kier molecular flexibility index (Phi) is 5.94. The summed E-state index contributed by atoms with van der Waals surface area (Å²) in [6, 6.07) is 1.88. The minimum atomic E-state index is -5.08. The maximum absolute atomic E-state index is 12.6. The van der Waals surface area contributed by atoms with Crippen LogP contribution < -0.4 is 0 Å². The standard InChI is InChI=1S/C14H21N3O2.C2HF3O2/c1-4-17-12(5-9(2)15-17)14(18)16-7-11-6-10(3)19-13(11)8-16;3-2(4,5)1(6)7/h5,10-11,13H,4,6-8H2,1-3H3;(H,6,7)/t10-,11+,13-;/m1./s1. The molecule has 1 amide bonds. The van der Waals surface area contributed by atoms with Crippen molar-refractivity contribution < 1.29 is 32.6 Å². The maximum Gasteiger partial charge on any atom is 0.490 e. The molecule has 1 N–H and O–H groups in total. The summed E-state index contributed by atoms with van der Waals surface area (Å²) >= 11 is 0. The van der Waals surface area contributed by atoms with Crippen LogP contribution in [0.25, 0.3) is 0 Å². The van der Waals surface area contributed by atoms with Crippen molar-refractivity contribution >= 4 is 11.9 Å². The predicted octanol–water partition coefficient (Wildman–Crippen LogP) is 2.09. The number of nitrogens with zero attached hydrogens (tertiary/aromatic N) is 3. The molecule has 2 aliphatic rings. The molecule has 0 unspecified atom stereocenters. The zero-order valence-corrected chi connectivity index (χ0v) is 14.8. The van der Waals surface area contributed by atoms with Crippen LogP contribution in [0.15, 0.2) is 6.07 Å². The number of halogens is 3. The smallest absolute Gasteiger partial charge is 0.475 e. The Bertz CT molecular complexity index is 660. The van der Waals surface area contributed by atoms with Gasteiger partial charge in [-0.15, -0.1) is 0 Å². The lowest BCUT2D eigenvalue weighted by molar-refractivity contribution is -0.192. The van der Waals surface area contributed by atoms with Gasteiger partial charge in [0.1, 0.15) is 5.69 Å². The molecule has 2 aliphatic heterocycles. The van der Waals surface area contributed by atoms with Crippen LogP contribution >= 0.6 is 0 Å². The highest BCUT2D eigenvalue weighted by molar-refractivity contribution is 5.93. The summed E-state index contributed by atoms with van der Waals surface area (Å²) in [4.78, 5) is 23.4. The van der Waals surface area contributed by atoms with Crippen LogP contribution in [0.5, 0.6) is 0 Å². The molecule has 0 aliphatic carbocycles. The van der Waals surface area contributed by atoms with Crippen molar-refractivity contribution in [2.75, 3.05) is 13.1 Å². The highest BCUT2D eigenvalue weighted by Gasteiger charge is 2.42. The van der Waals surface area contributed by atoms with Crippen molar-refractivity contribution in [1.29, 1.82) is 0 Å². The molecule has 1 aromatic rings. The molecule has 0 bridgehead atoms. The van der Waals surface area contributed by atoms with E-state index in [1.807, 2.05) is 24.8 Å². The number of amides is 1.